The number of aliphatic hydroxyl groups excluding tert-OH is 2. The molecule has 0 unspecified atom stereocenters. The van der Waals surface area contributed by atoms with Crippen molar-refractivity contribution in [1.29, 1.82) is 0 Å². The molecule has 3 aliphatic rings. The fraction of sp³-hybridized carbons (Fsp3) is 0.381. The summed E-state index contributed by atoms with van der Waals surface area (Å²) in [7, 11) is 3.09. The zero-order valence-corrected chi connectivity index (χ0v) is 20.6. The molecule has 11 heteroatoms. The SMILES string of the molecule is CN(C)[C@@H]1C(O)=C(C(=O)O)C(=O)[C@@]2(O)C(O)=C3C(=O)c4c(O)c(I)cc(Br)c4C[C@H]3C[C@@H]12. The number of carboxylic acids is 1. The van der Waals surface area contributed by atoms with Crippen molar-refractivity contribution in [3.63, 3.8) is 0 Å². The Morgan fingerprint density at radius 2 is 1.88 bits per heavy atom. The minimum Gasteiger partial charge on any atom is -0.510 e. The Kier molecular flexibility index (Phi) is 5.47. The molecule has 9 nitrogen and oxygen atoms in total. The van der Waals surface area contributed by atoms with Crippen molar-refractivity contribution in [1.82, 2.24) is 4.90 Å². The van der Waals surface area contributed by atoms with Crippen LogP contribution in [0.15, 0.2) is 33.2 Å². The zero-order valence-electron chi connectivity index (χ0n) is 16.9. The van der Waals surface area contributed by atoms with Gasteiger partial charge in [0.05, 0.1) is 15.2 Å². The van der Waals surface area contributed by atoms with Gasteiger partial charge in [-0.05, 0) is 67.1 Å². The number of phenolic OH excluding ortho intramolecular Hbond substituents is 1. The number of aromatic hydroxyl groups is 1. The number of allylic oxidation sites excluding steroid dienone is 1. The molecule has 4 rings (SSSR count). The topological polar surface area (TPSA) is 156 Å². The molecule has 0 spiro atoms. The lowest BCUT2D eigenvalue weighted by Gasteiger charge is -2.50. The van der Waals surface area contributed by atoms with E-state index < -0.39 is 58.1 Å². The Morgan fingerprint density at radius 3 is 2.44 bits per heavy atom. The third-order valence-electron chi connectivity index (χ3n) is 6.59. The van der Waals surface area contributed by atoms with E-state index in [-0.39, 0.29) is 29.7 Å². The minimum atomic E-state index is -2.71. The fourth-order valence-corrected chi connectivity index (χ4v) is 6.81. The maximum Gasteiger partial charge on any atom is 0.342 e. The summed E-state index contributed by atoms with van der Waals surface area (Å²) in [6.07, 6.45) is 0.245. The third-order valence-corrected chi connectivity index (χ3v) is 8.12. The largest absolute Gasteiger partial charge is 0.510 e. The van der Waals surface area contributed by atoms with Crippen LogP contribution in [0.4, 0.5) is 0 Å². The quantitative estimate of drug-likeness (QED) is 0.247. The van der Waals surface area contributed by atoms with Crippen LogP contribution in [0.1, 0.15) is 22.3 Å². The molecule has 0 aromatic heterocycles. The van der Waals surface area contributed by atoms with Crippen LogP contribution in [0.25, 0.3) is 0 Å². The van der Waals surface area contributed by atoms with Crippen molar-refractivity contribution in [2.75, 3.05) is 14.1 Å². The van der Waals surface area contributed by atoms with Crippen LogP contribution in [0.2, 0.25) is 0 Å². The first-order chi connectivity index (χ1) is 14.8. The molecule has 0 bridgehead atoms. The van der Waals surface area contributed by atoms with Crippen LogP contribution in [-0.4, -0.2) is 73.7 Å². The van der Waals surface area contributed by atoms with Gasteiger partial charge in [0, 0.05) is 16.0 Å². The summed E-state index contributed by atoms with van der Waals surface area (Å²) >= 11 is 5.27. The highest BCUT2D eigenvalue weighted by Crippen LogP contribution is 2.53. The molecule has 170 valence electrons. The molecule has 0 saturated carbocycles. The molecular formula is C21H19BrINO8. The number of nitrogens with zero attached hydrogens (tertiary/aromatic N) is 1. The van der Waals surface area contributed by atoms with Crippen molar-refractivity contribution in [3.05, 3.63) is 47.9 Å². The predicted octanol–water partition coefficient (Wildman–Crippen LogP) is 2.09. The first-order valence-corrected chi connectivity index (χ1v) is 11.5. The summed E-state index contributed by atoms with van der Waals surface area (Å²) in [5, 5.41) is 53.2. The predicted molar refractivity (Wildman–Crippen MR) is 123 cm³/mol. The number of halogens is 2. The zero-order chi connectivity index (χ0) is 23.9. The molecule has 0 saturated heterocycles. The fourth-order valence-electron chi connectivity index (χ4n) is 5.21. The van der Waals surface area contributed by atoms with E-state index >= 15 is 0 Å². The second-order valence-corrected chi connectivity index (χ2v) is 10.5. The Hall–Kier alpha value is -1.96. The number of aliphatic carboxylic acids is 1. The number of likely N-dealkylation sites (N-methyl/N-ethyl adjacent to an activating group) is 1. The van der Waals surface area contributed by atoms with E-state index in [1.165, 1.54) is 4.90 Å². The average Bonchev–Trinajstić information content (AvgIpc) is 2.68. The van der Waals surface area contributed by atoms with Gasteiger partial charge in [-0.3, -0.25) is 14.5 Å². The van der Waals surface area contributed by atoms with Crippen molar-refractivity contribution in [2.24, 2.45) is 11.8 Å². The molecule has 0 radical (unpaired) electrons. The number of carbonyl (C=O) groups excluding carboxylic acids is 2. The van der Waals surface area contributed by atoms with Crippen molar-refractivity contribution >= 4 is 56.1 Å². The lowest BCUT2D eigenvalue weighted by atomic mass is 9.58. The molecule has 0 aliphatic heterocycles. The van der Waals surface area contributed by atoms with E-state index in [0.717, 1.165) is 0 Å². The van der Waals surface area contributed by atoms with Gasteiger partial charge in [0.15, 0.2) is 11.4 Å². The number of phenols is 1. The normalized spacial score (nSPS) is 29.8. The van der Waals surface area contributed by atoms with Crippen LogP contribution < -0.4 is 0 Å². The Morgan fingerprint density at radius 1 is 1.25 bits per heavy atom. The van der Waals surface area contributed by atoms with Crippen LogP contribution in [0.3, 0.4) is 0 Å². The summed E-state index contributed by atoms with van der Waals surface area (Å²) in [5.74, 6) is -7.48. The summed E-state index contributed by atoms with van der Waals surface area (Å²) in [4.78, 5) is 39.7. The van der Waals surface area contributed by atoms with Crippen LogP contribution in [0, 0.1) is 15.4 Å². The molecule has 4 atom stereocenters. The van der Waals surface area contributed by atoms with Crippen molar-refractivity contribution in [2.45, 2.75) is 24.5 Å². The second-order valence-electron chi connectivity index (χ2n) is 8.45. The highest BCUT2D eigenvalue weighted by atomic mass is 127. The number of carbonyl (C=O) groups is 3. The molecule has 0 heterocycles. The second kappa shape index (κ2) is 7.54. The lowest BCUT2D eigenvalue weighted by molar-refractivity contribution is -0.151. The van der Waals surface area contributed by atoms with Gasteiger partial charge in [-0.2, -0.15) is 0 Å². The van der Waals surface area contributed by atoms with Crippen molar-refractivity contribution in [3.8, 4) is 5.75 Å². The van der Waals surface area contributed by atoms with E-state index in [1.807, 2.05) is 22.6 Å². The van der Waals surface area contributed by atoms with Gasteiger partial charge < -0.3 is 25.5 Å². The maximum atomic E-state index is 13.4. The van der Waals surface area contributed by atoms with Gasteiger partial charge in [-0.15, -0.1) is 0 Å². The highest BCUT2D eigenvalue weighted by Gasteiger charge is 2.63. The van der Waals surface area contributed by atoms with Gasteiger partial charge >= 0.3 is 5.97 Å². The summed E-state index contributed by atoms with van der Waals surface area (Å²) in [6, 6.07) is 0.577. The first kappa shape index (κ1) is 23.2. The number of rotatable bonds is 2. The molecule has 3 aliphatic carbocycles. The molecule has 0 fully saturated rings. The molecule has 0 amide bonds. The van der Waals surface area contributed by atoms with Gasteiger partial charge in [0.1, 0.15) is 22.8 Å². The van der Waals surface area contributed by atoms with Gasteiger partial charge in [-0.25, -0.2) is 4.79 Å². The van der Waals surface area contributed by atoms with E-state index in [1.54, 1.807) is 20.2 Å². The van der Waals surface area contributed by atoms with Crippen LogP contribution in [-0.2, 0) is 16.0 Å². The number of hydrogen-bond donors (Lipinski definition) is 5. The standard InChI is InChI=1S/C21H19BrINO8/c1-24(2)14-8-4-6-3-7-9(22)5-10(23)15(25)12(7)16(26)11(6)18(28)21(8,32)19(29)13(17(14)27)20(30)31/h5-6,8,14,25,27-28,32H,3-4H2,1-2H3,(H,30,31)/t6-,8-,14-,21-/m0/s1. The van der Waals surface area contributed by atoms with Crippen molar-refractivity contribution < 1.29 is 39.9 Å². The number of benzene rings is 1. The lowest BCUT2D eigenvalue weighted by Crippen LogP contribution is -2.63. The molecule has 1 aromatic carbocycles. The highest BCUT2D eigenvalue weighted by molar-refractivity contribution is 14.1. The first-order valence-electron chi connectivity index (χ1n) is 9.62. The number of fused-ring (bicyclic) bond motifs is 3. The minimum absolute atomic E-state index is 0.0197. The Labute approximate surface area is 204 Å². The maximum absolute atomic E-state index is 13.4. The average molecular weight is 620 g/mol. The molecule has 1 aromatic rings. The monoisotopic (exact) mass is 619 g/mol. The van der Waals surface area contributed by atoms with E-state index in [0.29, 0.717) is 13.6 Å². The Bertz CT molecular complexity index is 1170. The number of carboxylic acid groups (broad SMARTS) is 1. The van der Waals surface area contributed by atoms with E-state index in [2.05, 4.69) is 15.9 Å². The van der Waals surface area contributed by atoms with Gasteiger partial charge in [-0.1, -0.05) is 15.9 Å². The van der Waals surface area contributed by atoms with Gasteiger partial charge in [0.2, 0.25) is 5.78 Å². The molecule has 5 N–H and O–H groups in total. The smallest absolute Gasteiger partial charge is 0.342 e. The summed E-state index contributed by atoms with van der Waals surface area (Å²) in [6.45, 7) is 0. The summed E-state index contributed by atoms with van der Waals surface area (Å²) < 4.78 is 0.997. The Balaban J connectivity index is 1.99. The molecule has 32 heavy (non-hydrogen) atoms. The number of ketones is 2. The molecular weight excluding hydrogens is 601 g/mol. The number of hydrogen-bond acceptors (Lipinski definition) is 8. The van der Waals surface area contributed by atoms with Gasteiger partial charge in [0.25, 0.3) is 0 Å². The number of Topliss-reactive ketones (excluding diaryl/α,β-unsaturated/α-hetero) is 2. The number of aliphatic hydroxyl groups is 3. The van der Waals surface area contributed by atoms with Crippen LogP contribution in [0.5, 0.6) is 5.75 Å². The van der Waals surface area contributed by atoms with Crippen LogP contribution >= 0.6 is 38.5 Å². The summed E-state index contributed by atoms with van der Waals surface area (Å²) in [5.41, 5.74) is -3.46. The van der Waals surface area contributed by atoms with E-state index in [9.17, 15) is 39.9 Å². The third kappa shape index (κ3) is 2.90. The van der Waals surface area contributed by atoms with E-state index in [4.69, 9.17) is 0 Å².